The predicted molar refractivity (Wildman–Crippen MR) is 51.8 cm³/mol. The average molecular weight is 229 g/mol. The van der Waals surface area contributed by atoms with E-state index in [-0.39, 0.29) is 5.75 Å². The van der Waals surface area contributed by atoms with Gasteiger partial charge in [0.2, 0.25) is 0 Å². The van der Waals surface area contributed by atoms with Crippen LogP contribution >= 0.6 is 0 Å². The largest absolute Gasteiger partial charge is 0.473 e. The molecule has 0 aliphatic heterocycles. The second-order valence-corrected chi connectivity index (χ2v) is 3.75. The Hall–Kier alpha value is -1.70. The summed E-state index contributed by atoms with van der Waals surface area (Å²) in [5.41, 5.74) is -1.94. The van der Waals surface area contributed by atoms with E-state index in [9.17, 15) is 13.2 Å². The molecule has 16 heavy (non-hydrogen) atoms. The second-order valence-electron chi connectivity index (χ2n) is 3.75. The fraction of sp³-hybridized carbons (Fsp3) is 0.364. The first-order valence-corrected chi connectivity index (χ1v) is 4.52. The van der Waals surface area contributed by atoms with E-state index in [1.54, 1.807) is 0 Å². The van der Waals surface area contributed by atoms with Crippen molar-refractivity contribution in [3.05, 3.63) is 29.8 Å². The molecule has 0 saturated heterocycles. The molecule has 0 saturated carbocycles. The zero-order valence-electron chi connectivity index (χ0n) is 8.80. The van der Waals surface area contributed by atoms with E-state index in [2.05, 4.69) is 0 Å². The van der Waals surface area contributed by atoms with Crippen molar-refractivity contribution in [2.45, 2.75) is 25.6 Å². The van der Waals surface area contributed by atoms with E-state index < -0.39 is 17.3 Å². The quantitative estimate of drug-likeness (QED) is 0.778. The number of nitriles is 1. The molecule has 0 aliphatic rings. The Bertz CT molecular complexity index is 418. The molecular weight excluding hydrogens is 219 g/mol. The van der Waals surface area contributed by atoms with Crippen LogP contribution in [0.2, 0.25) is 0 Å². The van der Waals surface area contributed by atoms with Gasteiger partial charge in [-0.2, -0.15) is 18.4 Å². The summed E-state index contributed by atoms with van der Waals surface area (Å²) in [6.07, 6.45) is -4.41. The van der Waals surface area contributed by atoms with Crippen molar-refractivity contribution in [3.8, 4) is 11.8 Å². The minimum absolute atomic E-state index is 0.0291. The summed E-state index contributed by atoms with van der Waals surface area (Å²) < 4.78 is 42.2. The maximum atomic E-state index is 12.4. The summed E-state index contributed by atoms with van der Waals surface area (Å²) in [4.78, 5) is 0. The van der Waals surface area contributed by atoms with Gasteiger partial charge in [0.25, 0.3) is 0 Å². The molecule has 0 heterocycles. The van der Waals surface area contributed by atoms with Crippen LogP contribution in [-0.4, -0.2) is 5.60 Å². The topological polar surface area (TPSA) is 33.0 Å². The number of hydrogen-bond acceptors (Lipinski definition) is 2. The number of alkyl halides is 3. The van der Waals surface area contributed by atoms with Crippen LogP contribution < -0.4 is 4.74 Å². The fourth-order valence-electron chi connectivity index (χ4n) is 1.05. The summed E-state index contributed by atoms with van der Waals surface area (Å²) in [6, 6.07) is 6.29. The Kier molecular flexibility index (Phi) is 3.13. The summed E-state index contributed by atoms with van der Waals surface area (Å²) in [5, 5.41) is 8.69. The highest BCUT2D eigenvalue weighted by molar-refractivity contribution is 5.31. The van der Waals surface area contributed by atoms with Gasteiger partial charge in [0.1, 0.15) is 11.8 Å². The molecule has 1 aromatic carbocycles. The molecule has 0 radical (unpaired) electrons. The summed E-state index contributed by atoms with van der Waals surface area (Å²) in [7, 11) is 0. The van der Waals surface area contributed by atoms with Crippen LogP contribution in [0.5, 0.6) is 5.75 Å². The van der Waals surface area contributed by atoms with E-state index >= 15 is 0 Å². The number of benzene rings is 1. The third-order valence-electron chi connectivity index (χ3n) is 1.80. The molecule has 0 fully saturated rings. The van der Waals surface area contributed by atoms with Crippen molar-refractivity contribution in [1.29, 1.82) is 5.26 Å². The predicted octanol–water partition coefficient (Wildman–Crippen LogP) is 3.39. The maximum Gasteiger partial charge on any atom is 0.416 e. The summed E-state index contributed by atoms with van der Waals surface area (Å²) in [5.74, 6) is 0.0291. The van der Waals surface area contributed by atoms with E-state index in [0.29, 0.717) is 0 Å². The molecule has 2 nitrogen and oxygen atoms in total. The lowest BCUT2D eigenvalue weighted by Gasteiger charge is -2.19. The molecule has 0 spiro atoms. The molecule has 1 rings (SSSR count). The smallest absolute Gasteiger partial charge is 0.416 e. The van der Waals surface area contributed by atoms with Crippen LogP contribution in [0.15, 0.2) is 24.3 Å². The van der Waals surface area contributed by atoms with Gasteiger partial charge in [-0.05, 0) is 32.0 Å². The third kappa shape index (κ3) is 3.16. The van der Waals surface area contributed by atoms with E-state index in [0.717, 1.165) is 12.1 Å². The van der Waals surface area contributed by atoms with Gasteiger partial charge in [0, 0.05) is 0 Å². The van der Waals surface area contributed by atoms with Gasteiger partial charge in [-0.15, -0.1) is 0 Å². The number of ether oxygens (including phenoxy) is 1. The molecule has 0 unspecified atom stereocenters. The zero-order valence-corrected chi connectivity index (χ0v) is 8.80. The van der Waals surface area contributed by atoms with E-state index in [1.165, 1.54) is 26.0 Å². The van der Waals surface area contributed by atoms with Crippen molar-refractivity contribution in [2.75, 3.05) is 0 Å². The fourth-order valence-corrected chi connectivity index (χ4v) is 1.05. The molecule has 0 amide bonds. The van der Waals surface area contributed by atoms with Crippen molar-refractivity contribution in [2.24, 2.45) is 0 Å². The SMILES string of the molecule is CC(C)(C#N)Oc1cccc(C(F)(F)F)c1. The Balaban J connectivity index is 2.97. The first-order valence-electron chi connectivity index (χ1n) is 4.52. The molecular formula is C11H10F3NO. The van der Waals surface area contributed by atoms with Crippen molar-refractivity contribution in [3.63, 3.8) is 0 Å². The Labute approximate surface area is 91.3 Å². The Morgan fingerprint density at radius 1 is 1.25 bits per heavy atom. The van der Waals surface area contributed by atoms with Gasteiger partial charge in [-0.25, -0.2) is 0 Å². The minimum Gasteiger partial charge on any atom is -0.473 e. The van der Waals surface area contributed by atoms with E-state index in [4.69, 9.17) is 10.00 Å². The zero-order chi connectivity index (χ0) is 12.4. The molecule has 0 aliphatic carbocycles. The van der Waals surface area contributed by atoms with Crippen LogP contribution in [0.4, 0.5) is 13.2 Å². The van der Waals surface area contributed by atoms with Crippen molar-refractivity contribution in [1.82, 2.24) is 0 Å². The van der Waals surface area contributed by atoms with Crippen molar-refractivity contribution < 1.29 is 17.9 Å². The van der Waals surface area contributed by atoms with Gasteiger partial charge in [-0.1, -0.05) is 6.07 Å². The van der Waals surface area contributed by atoms with Crippen LogP contribution in [0.25, 0.3) is 0 Å². The summed E-state index contributed by atoms with van der Waals surface area (Å²) in [6.45, 7) is 2.96. The Morgan fingerprint density at radius 3 is 2.38 bits per heavy atom. The van der Waals surface area contributed by atoms with Crippen molar-refractivity contribution >= 4 is 0 Å². The standard InChI is InChI=1S/C11H10F3NO/c1-10(2,7-15)16-9-5-3-4-8(6-9)11(12,13)14/h3-6H,1-2H3. The lowest BCUT2D eigenvalue weighted by Crippen LogP contribution is -2.25. The van der Waals surface area contributed by atoms with Crippen LogP contribution in [0.3, 0.4) is 0 Å². The number of nitrogens with zero attached hydrogens (tertiary/aromatic N) is 1. The van der Waals surface area contributed by atoms with Gasteiger partial charge in [0.05, 0.1) is 5.56 Å². The molecule has 0 atom stereocenters. The minimum atomic E-state index is -4.41. The molecule has 0 bridgehead atoms. The highest BCUT2D eigenvalue weighted by atomic mass is 19.4. The van der Waals surface area contributed by atoms with Crippen LogP contribution in [-0.2, 0) is 6.18 Å². The van der Waals surface area contributed by atoms with Gasteiger partial charge in [0.15, 0.2) is 5.60 Å². The van der Waals surface area contributed by atoms with Crippen LogP contribution in [0, 0.1) is 11.3 Å². The third-order valence-corrected chi connectivity index (χ3v) is 1.80. The molecule has 0 N–H and O–H groups in total. The first-order chi connectivity index (χ1) is 7.24. The average Bonchev–Trinajstić information content (AvgIpc) is 2.16. The van der Waals surface area contributed by atoms with Gasteiger partial charge < -0.3 is 4.74 Å². The highest BCUT2D eigenvalue weighted by Crippen LogP contribution is 2.32. The monoisotopic (exact) mass is 229 g/mol. The first kappa shape index (κ1) is 12.4. The molecule has 5 heteroatoms. The lowest BCUT2D eigenvalue weighted by molar-refractivity contribution is -0.137. The van der Waals surface area contributed by atoms with E-state index in [1.807, 2.05) is 6.07 Å². The lowest BCUT2D eigenvalue weighted by atomic mass is 10.1. The van der Waals surface area contributed by atoms with Gasteiger partial charge in [-0.3, -0.25) is 0 Å². The number of rotatable bonds is 2. The van der Waals surface area contributed by atoms with Gasteiger partial charge >= 0.3 is 6.18 Å². The highest BCUT2D eigenvalue weighted by Gasteiger charge is 2.31. The number of halogens is 3. The molecule has 86 valence electrons. The maximum absolute atomic E-state index is 12.4. The molecule has 1 aromatic rings. The van der Waals surface area contributed by atoms with Crippen LogP contribution in [0.1, 0.15) is 19.4 Å². The summed E-state index contributed by atoms with van der Waals surface area (Å²) >= 11 is 0. The normalized spacial score (nSPS) is 12.0. The number of hydrogen-bond donors (Lipinski definition) is 0. The Morgan fingerprint density at radius 2 is 1.88 bits per heavy atom. The second kappa shape index (κ2) is 4.05. The molecule has 0 aromatic heterocycles.